The van der Waals surface area contributed by atoms with Crippen molar-refractivity contribution in [3.05, 3.63) is 65.2 Å². The monoisotopic (exact) mass is 426 g/mol. The lowest BCUT2D eigenvalue weighted by atomic mass is 9.80. The molecule has 32 heavy (non-hydrogen) atoms. The molecule has 3 rings (SSSR count). The number of carbonyl (C=O) groups excluding carboxylic acids is 1. The van der Waals surface area contributed by atoms with Crippen LogP contribution in [-0.2, 0) is 4.79 Å². The Kier molecular flexibility index (Phi) is 9.46. The summed E-state index contributed by atoms with van der Waals surface area (Å²) in [4.78, 5) is 12.5. The fraction of sp³-hybridized carbons (Fsp3) is 0.433. The van der Waals surface area contributed by atoms with Gasteiger partial charge in [-0.2, -0.15) is 0 Å². The van der Waals surface area contributed by atoms with Crippen LogP contribution >= 0.6 is 0 Å². The van der Waals surface area contributed by atoms with Gasteiger partial charge in [0.2, 0.25) is 0 Å². The number of rotatable bonds is 6. The number of carbonyl (C=O) groups is 1. The lowest BCUT2D eigenvalue weighted by molar-refractivity contribution is -0.140. The second-order valence-electron chi connectivity index (χ2n) is 8.68. The first kappa shape index (κ1) is 23.7. The topological polar surface area (TPSA) is 26.3 Å². The molecule has 2 aromatic rings. The Morgan fingerprint density at radius 1 is 0.812 bits per heavy atom. The van der Waals surface area contributed by atoms with Gasteiger partial charge < -0.3 is 4.74 Å². The summed E-state index contributed by atoms with van der Waals surface area (Å²) in [5.41, 5.74) is 2.87. The third kappa shape index (κ3) is 7.62. The predicted octanol–water partition coefficient (Wildman–Crippen LogP) is 7.14. The fourth-order valence-corrected chi connectivity index (χ4v) is 4.06. The predicted molar refractivity (Wildman–Crippen MR) is 131 cm³/mol. The van der Waals surface area contributed by atoms with Crippen LogP contribution in [0.2, 0.25) is 0 Å². The number of esters is 1. The number of unbranched alkanes of at least 4 members (excludes halogenated alkanes) is 2. The van der Waals surface area contributed by atoms with Gasteiger partial charge >= 0.3 is 5.97 Å². The molecule has 1 fully saturated rings. The summed E-state index contributed by atoms with van der Waals surface area (Å²) in [5.74, 6) is 14.0. The second-order valence-corrected chi connectivity index (χ2v) is 8.68. The lowest BCUT2D eigenvalue weighted by Gasteiger charge is -2.27. The van der Waals surface area contributed by atoms with Crippen LogP contribution in [0.25, 0.3) is 0 Å². The van der Waals surface area contributed by atoms with Crippen LogP contribution in [0.1, 0.15) is 88.3 Å². The maximum atomic E-state index is 12.5. The minimum atomic E-state index is -0.0834. The molecule has 2 aromatic carbocycles. The van der Waals surface area contributed by atoms with Gasteiger partial charge in [0, 0.05) is 23.1 Å². The summed E-state index contributed by atoms with van der Waals surface area (Å²) < 4.78 is 5.64. The molecule has 0 amide bonds. The average molecular weight is 427 g/mol. The Balaban J connectivity index is 1.49. The van der Waals surface area contributed by atoms with Crippen LogP contribution in [0.5, 0.6) is 5.75 Å². The minimum Gasteiger partial charge on any atom is -0.426 e. The van der Waals surface area contributed by atoms with Crippen LogP contribution < -0.4 is 4.74 Å². The van der Waals surface area contributed by atoms with E-state index in [2.05, 4.69) is 37.5 Å². The van der Waals surface area contributed by atoms with E-state index in [1.165, 1.54) is 19.3 Å². The van der Waals surface area contributed by atoms with Gasteiger partial charge in [-0.25, -0.2) is 0 Å². The van der Waals surface area contributed by atoms with Gasteiger partial charge in [-0.3, -0.25) is 4.79 Å². The van der Waals surface area contributed by atoms with Crippen LogP contribution in [0.3, 0.4) is 0 Å². The molecule has 0 aromatic heterocycles. The van der Waals surface area contributed by atoms with Crippen molar-refractivity contribution >= 4 is 5.97 Å². The lowest BCUT2D eigenvalue weighted by Crippen LogP contribution is -2.25. The number of hydrogen-bond acceptors (Lipinski definition) is 2. The minimum absolute atomic E-state index is 0.0435. The van der Waals surface area contributed by atoms with E-state index >= 15 is 0 Å². The molecule has 166 valence electrons. The summed E-state index contributed by atoms with van der Waals surface area (Å²) in [7, 11) is 0. The van der Waals surface area contributed by atoms with Crippen molar-refractivity contribution in [3.8, 4) is 29.4 Å². The molecule has 0 saturated heterocycles. The van der Waals surface area contributed by atoms with Crippen molar-refractivity contribution in [3.63, 3.8) is 0 Å². The number of ether oxygens (including phenoxy) is 1. The van der Waals surface area contributed by atoms with Crippen LogP contribution in [0, 0.1) is 35.5 Å². The Morgan fingerprint density at radius 2 is 1.38 bits per heavy atom. The van der Waals surface area contributed by atoms with E-state index in [0.29, 0.717) is 5.75 Å². The highest BCUT2D eigenvalue weighted by molar-refractivity contribution is 5.75. The third-order valence-corrected chi connectivity index (χ3v) is 6.06. The highest BCUT2D eigenvalue weighted by atomic mass is 16.5. The SMILES string of the molecule is CCCC#Cc1ccc(C#Cc2ccc(OC(=O)[C@H]3CC[C@H](CCCC)CC3)cc2)cc1. The van der Waals surface area contributed by atoms with Crippen molar-refractivity contribution in [2.75, 3.05) is 0 Å². The summed E-state index contributed by atoms with van der Waals surface area (Å²) in [6.07, 6.45) is 10.1. The third-order valence-electron chi connectivity index (χ3n) is 6.06. The first-order valence-corrected chi connectivity index (χ1v) is 12.1. The van der Waals surface area contributed by atoms with Gasteiger partial charge in [-0.1, -0.05) is 56.8 Å². The molecule has 1 aliphatic carbocycles. The Morgan fingerprint density at radius 3 is 1.94 bits per heavy atom. The summed E-state index contributed by atoms with van der Waals surface area (Å²) >= 11 is 0. The molecule has 2 nitrogen and oxygen atoms in total. The van der Waals surface area contributed by atoms with Crippen molar-refractivity contribution in [1.29, 1.82) is 0 Å². The maximum absolute atomic E-state index is 12.5. The van der Waals surface area contributed by atoms with Crippen molar-refractivity contribution in [1.82, 2.24) is 0 Å². The molecule has 0 spiro atoms. The van der Waals surface area contributed by atoms with Gasteiger partial charge in [0.05, 0.1) is 5.92 Å². The first-order valence-electron chi connectivity index (χ1n) is 12.1. The number of benzene rings is 2. The Bertz CT molecular complexity index is 970. The molecule has 1 saturated carbocycles. The smallest absolute Gasteiger partial charge is 0.314 e. The van der Waals surface area contributed by atoms with E-state index in [4.69, 9.17) is 4.74 Å². The molecule has 2 heteroatoms. The summed E-state index contributed by atoms with van der Waals surface area (Å²) in [6.45, 7) is 4.37. The molecule has 0 atom stereocenters. The van der Waals surface area contributed by atoms with Crippen molar-refractivity contribution in [2.45, 2.75) is 71.6 Å². The van der Waals surface area contributed by atoms with E-state index in [0.717, 1.165) is 61.1 Å². The van der Waals surface area contributed by atoms with Crippen LogP contribution in [0.15, 0.2) is 48.5 Å². The van der Waals surface area contributed by atoms with Crippen LogP contribution in [-0.4, -0.2) is 5.97 Å². The fourth-order valence-electron chi connectivity index (χ4n) is 4.06. The van der Waals surface area contributed by atoms with E-state index in [1.54, 1.807) is 0 Å². The Labute approximate surface area is 193 Å². The first-order chi connectivity index (χ1) is 15.7. The molecule has 0 heterocycles. The van der Waals surface area contributed by atoms with Crippen molar-refractivity contribution in [2.24, 2.45) is 11.8 Å². The standard InChI is InChI=1S/C30H34O2/c1-3-5-7-9-25-10-12-26(13-11-25)14-15-27-18-22-29(23-19-27)32-30(31)28-20-16-24(17-21-28)8-6-4-2/h10-13,18-19,22-24,28H,3-6,8,16-17,20-21H2,1-2H3/t24-,28-. The number of hydrogen-bond donors (Lipinski definition) is 0. The van der Waals surface area contributed by atoms with Gasteiger partial charge in [-0.15, -0.1) is 0 Å². The molecule has 0 radical (unpaired) electrons. The van der Waals surface area contributed by atoms with Crippen molar-refractivity contribution < 1.29 is 9.53 Å². The molecular formula is C30H34O2. The van der Waals surface area contributed by atoms with Gasteiger partial charge in [0.15, 0.2) is 0 Å². The van der Waals surface area contributed by atoms with E-state index in [9.17, 15) is 4.79 Å². The zero-order valence-corrected chi connectivity index (χ0v) is 19.5. The largest absolute Gasteiger partial charge is 0.426 e. The van der Waals surface area contributed by atoms with Gasteiger partial charge in [-0.05, 0) is 86.6 Å². The van der Waals surface area contributed by atoms with E-state index in [-0.39, 0.29) is 11.9 Å². The average Bonchev–Trinajstić information content (AvgIpc) is 2.83. The highest BCUT2D eigenvalue weighted by Crippen LogP contribution is 2.32. The second kappa shape index (κ2) is 12.8. The highest BCUT2D eigenvalue weighted by Gasteiger charge is 2.27. The zero-order valence-electron chi connectivity index (χ0n) is 19.5. The van der Waals surface area contributed by atoms with Gasteiger partial charge in [0.1, 0.15) is 5.75 Å². The van der Waals surface area contributed by atoms with Gasteiger partial charge in [0.25, 0.3) is 0 Å². The maximum Gasteiger partial charge on any atom is 0.314 e. The Hall–Kier alpha value is -2.97. The molecule has 0 bridgehead atoms. The normalized spacial score (nSPS) is 17.4. The molecular weight excluding hydrogens is 392 g/mol. The molecule has 0 N–H and O–H groups in total. The quantitative estimate of drug-likeness (QED) is 0.279. The molecule has 0 unspecified atom stereocenters. The zero-order chi connectivity index (χ0) is 22.6. The summed E-state index contributed by atoms with van der Waals surface area (Å²) in [6, 6.07) is 15.5. The van der Waals surface area contributed by atoms with E-state index in [1.807, 2.05) is 48.5 Å². The molecule has 0 aliphatic heterocycles. The summed E-state index contributed by atoms with van der Waals surface area (Å²) in [5, 5.41) is 0. The van der Waals surface area contributed by atoms with E-state index < -0.39 is 0 Å². The molecule has 1 aliphatic rings. The van der Waals surface area contributed by atoms with Crippen LogP contribution in [0.4, 0.5) is 0 Å².